The lowest BCUT2D eigenvalue weighted by molar-refractivity contribution is 0.112. The fourth-order valence-corrected chi connectivity index (χ4v) is 2.15. The molecular weight excluding hydrogens is 225 g/mol. The average Bonchev–Trinajstić information content (AvgIpc) is 2.29. The molecule has 80 valence electrons. The molecule has 2 nitrogen and oxygen atoms in total. The van der Waals surface area contributed by atoms with Crippen molar-refractivity contribution in [3.63, 3.8) is 0 Å². The van der Waals surface area contributed by atoms with Crippen molar-refractivity contribution in [1.82, 2.24) is 4.98 Å². The van der Waals surface area contributed by atoms with Crippen LogP contribution in [-0.2, 0) is 0 Å². The van der Waals surface area contributed by atoms with E-state index in [1.807, 2.05) is 12.1 Å². The molecule has 0 radical (unpaired) electrons. The Kier molecular flexibility index (Phi) is 3.31. The van der Waals surface area contributed by atoms with Crippen LogP contribution in [-0.4, -0.2) is 11.3 Å². The van der Waals surface area contributed by atoms with Gasteiger partial charge in [-0.1, -0.05) is 11.8 Å². The van der Waals surface area contributed by atoms with Gasteiger partial charge in [-0.3, -0.25) is 9.78 Å². The van der Waals surface area contributed by atoms with Crippen molar-refractivity contribution in [3.8, 4) is 0 Å². The molecule has 2 rings (SSSR count). The number of aromatic nitrogens is 1. The van der Waals surface area contributed by atoms with Gasteiger partial charge in [-0.05, 0) is 30.3 Å². The molecule has 1 aromatic carbocycles. The Morgan fingerprint density at radius 3 is 2.56 bits per heavy atom. The largest absolute Gasteiger partial charge is 0.298 e. The zero-order valence-corrected chi connectivity index (χ0v) is 9.08. The fourth-order valence-electron chi connectivity index (χ4n) is 1.25. The van der Waals surface area contributed by atoms with Gasteiger partial charge in [-0.15, -0.1) is 0 Å². The van der Waals surface area contributed by atoms with Crippen molar-refractivity contribution >= 4 is 18.0 Å². The predicted octanol–water partition coefficient (Wildman–Crippen LogP) is 3.18. The number of rotatable bonds is 3. The Morgan fingerprint density at radius 1 is 1.12 bits per heavy atom. The van der Waals surface area contributed by atoms with Crippen molar-refractivity contribution in [2.75, 3.05) is 0 Å². The first-order chi connectivity index (χ1) is 7.78. The van der Waals surface area contributed by atoms with Crippen LogP contribution < -0.4 is 0 Å². The molecule has 0 atom stereocenters. The topological polar surface area (TPSA) is 30.0 Å². The standard InChI is InChI=1S/C12H8FNOS/c13-10-5-9(8-15)6-12(7-10)16-11-1-3-14-4-2-11/h1-8H. The summed E-state index contributed by atoms with van der Waals surface area (Å²) < 4.78 is 13.1. The van der Waals surface area contributed by atoms with E-state index < -0.39 is 5.82 Å². The van der Waals surface area contributed by atoms with Gasteiger partial charge >= 0.3 is 0 Å². The summed E-state index contributed by atoms with van der Waals surface area (Å²) in [7, 11) is 0. The van der Waals surface area contributed by atoms with Crippen LogP contribution in [0.3, 0.4) is 0 Å². The van der Waals surface area contributed by atoms with Gasteiger partial charge in [-0.25, -0.2) is 4.39 Å². The number of benzene rings is 1. The minimum atomic E-state index is -0.402. The van der Waals surface area contributed by atoms with E-state index in [0.717, 1.165) is 4.90 Å². The summed E-state index contributed by atoms with van der Waals surface area (Å²) in [4.78, 5) is 16.1. The van der Waals surface area contributed by atoms with Crippen molar-refractivity contribution < 1.29 is 9.18 Å². The highest BCUT2D eigenvalue weighted by molar-refractivity contribution is 7.99. The van der Waals surface area contributed by atoms with Gasteiger partial charge in [0.1, 0.15) is 12.1 Å². The number of carbonyl (C=O) groups is 1. The van der Waals surface area contributed by atoms with Crippen LogP contribution in [0.5, 0.6) is 0 Å². The molecule has 0 saturated heterocycles. The Labute approximate surface area is 96.5 Å². The third-order valence-corrected chi connectivity index (χ3v) is 2.89. The summed E-state index contributed by atoms with van der Waals surface area (Å²) in [5.41, 5.74) is 0.344. The molecule has 4 heteroatoms. The molecule has 0 aliphatic rings. The maximum atomic E-state index is 13.1. The fraction of sp³-hybridized carbons (Fsp3) is 0. The molecule has 1 aromatic heterocycles. The third-order valence-electron chi connectivity index (χ3n) is 1.92. The molecule has 0 fully saturated rings. The van der Waals surface area contributed by atoms with E-state index in [1.54, 1.807) is 18.5 Å². The lowest BCUT2D eigenvalue weighted by Gasteiger charge is -2.02. The quantitative estimate of drug-likeness (QED) is 0.763. The molecule has 16 heavy (non-hydrogen) atoms. The van der Waals surface area contributed by atoms with E-state index in [4.69, 9.17) is 0 Å². The second kappa shape index (κ2) is 4.90. The minimum absolute atomic E-state index is 0.344. The molecule has 2 aromatic rings. The van der Waals surface area contributed by atoms with Gasteiger partial charge in [0.25, 0.3) is 0 Å². The molecule has 1 heterocycles. The van der Waals surface area contributed by atoms with E-state index in [-0.39, 0.29) is 0 Å². The van der Waals surface area contributed by atoms with Crippen LogP contribution in [0.2, 0.25) is 0 Å². The Balaban J connectivity index is 2.28. The van der Waals surface area contributed by atoms with E-state index in [2.05, 4.69) is 4.98 Å². The zero-order chi connectivity index (χ0) is 11.4. The van der Waals surface area contributed by atoms with Gasteiger partial charge in [0.2, 0.25) is 0 Å². The summed E-state index contributed by atoms with van der Waals surface area (Å²) in [6.07, 6.45) is 3.98. The van der Waals surface area contributed by atoms with Crippen molar-refractivity contribution in [1.29, 1.82) is 0 Å². The van der Waals surface area contributed by atoms with Crippen molar-refractivity contribution in [3.05, 3.63) is 54.1 Å². The van der Waals surface area contributed by atoms with Gasteiger partial charge in [0.15, 0.2) is 0 Å². The van der Waals surface area contributed by atoms with Crippen LogP contribution in [0.4, 0.5) is 4.39 Å². The highest BCUT2D eigenvalue weighted by Crippen LogP contribution is 2.28. The SMILES string of the molecule is O=Cc1cc(F)cc(Sc2ccncc2)c1. The maximum Gasteiger partial charge on any atom is 0.150 e. The van der Waals surface area contributed by atoms with E-state index in [0.29, 0.717) is 16.7 Å². The maximum absolute atomic E-state index is 13.1. The first-order valence-corrected chi connectivity index (χ1v) is 5.43. The van der Waals surface area contributed by atoms with Crippen molar-refractivity contribution in [2.24, 2.45) is 0 Å². The van der Waals surface area contributed by atoms with Gasteiger partial charge in [0, 0.05) is 27.7 Å². The summed E-state index contributed by atoms with van der Waals surface area (Å²) in [5, 5.41) is 0. The van der Waals surface area contributed by atoms with Crippen LogP contribution in [0.25, 0.3) is 0 Å². The van der Waals surface area contributed by atoms with E-state index >= 15 is 0 Å². The monoisotopic (exact) mass is 233 g/mol. The number of nitrogens with zero attached hydrogens (tertiary/aromatic N) is 1. The third kappa shape index (κ3) is 2.67. The average molecular weight is 233 g/mol. The molecule has 0 saturated carbocycles. The molecule has 0 spiro atoms. The summed E-state index contributed by atoms with van der Waals surface area (Å²) in [5.74, 6) is -0.402. The van der Waals surface area contributed by atoms with Gasteiger partial charge in [0.05, 0.1) is 0 Å². The first kappa shape index (κ1) is 10.8. The van der Waals surface area contributed by atoms with Crippen LogP contribution in [0.15, 0.2) is 52.5 Å². The second-order valence-corrected chi connectivity index (χ2v) is 4.27. The van der Waals surface area contributed by atoms with Crippen molar-refractivity contribution in [2.45, 2.75) is 9.79 Å². The summed E-state index contributed by atoms with van der Waals surface area (Å²) >= 11 is 1.39. The van der Waals surface area contributed by atoms with Gasteiger partial charge < -0.3 is 0 Å². The first-order valence-electron chi connectivity index (χ1n) is 4.61. The molecule has 0 amide bonds. The molecule has 0 N–H and O–H groups in total. The number of hydrogen-bond donors (Lipinski definition) is 0. The smallest absolute Gasteiger partial charge is 0.150 e. The highest BCUT2D eigenvalue weighted by atomic mass is 32.2. The Bertz CT molecular complexity index is 502. The summed E-state index contributed by atoms with van der Waals surface area (Å²) in [6.45, 7) is 0. The van der Waals surface area contributed by atoms with E-state index in [1.165, 1.54) is 23.9 Å². The summed E-state index contributed by atoms with van der Waals surface area (Å²) in [6, 6.07) is 7.93. The number of hydrogen-bond acceptors (Lipinski definition) is 3. The lowest BCUT2D eigenvalue weighted by Crippen LogP contribution is -1.84. The number of carbonyl (C=O) groups excluding carboxylic acids is 1. The lowest BCUT2D eigenvalue weighted by atomic mass is 10.2. The van der Waals surface area contributed by atoms with Crippen LogP contribution >= 0.6 is 11.8 Å². The van der Waals surface area contributed by atoms with Crippen LogP contribution in [0, 0.1) is 5.82 Å². The molecule has 0 unspecified atom stereocenters. The molecule has 0 bridgehead atoms. The van der Waals surface area contributed by atoms with E-state index in [9.17, 15) is 9.18 Å². The number of pyridine rings is 1. The molecular formula is C12H8FNOS. The predicted molar refractivity (Wildman–Crippen MR) is 60.1 cm³/mol. The number of halogens is 1. The minimum Gasteiger partial charge on any atom is -0.298 e. The Hall–Kier alpha value is -1.68. The zero-order valence-electron chi connectivity index (χ0n) is 8.26. The second-order valence-electron chi connectivity index (χ2n) is 3.12. The highest BCUT2D eigenvalue weighted by Gasteiger charge is 2.02. The number of aldehydes is 1. The normalized spacial score (nSPS) is 10.1. The molecule has 0 aliphatic carbocycles. The molecule has 0 aliphatic heterocycles. The van der Waals surface area contributed by atoms with Crippen LogP contribution in [0.1, 0.15) is 10.4 Å². The Morgan fingerprint density at radius 2 is 1.88 bits per heavy atom. The van der Waals surface area contributed by atoms with Gasteiger partial charge in [-0.2, -0.15) is 0 Å².